The average Bonchev–Trinajstić information content (AvgIpc) is 2.16. The van der Waals surface area contributed by atoms with E-state index in [-0.39, 0.29) is 0 Å². The maximum atomic E-state index is 8.76. The van der Waals surface area contributed by atoms with Gasteiger partial charge in [0.25, 0.3) is 0 Å². The highest BCUT2D eigenvalue weighted by atomic mass is 15.1. The second kappa shape index (κ2) is 6.30. The van der Waals surface area contributed by atoms with E-state index in [0.29, 0.717) is 6.54 Å². The SMILES string of the molecule is CCCN(CC#N)Cc1cc(C)cc(C)c1. The van der Waals surface area contributed by atoms with Crippen LogP contribution in [0.25, 0.3) is 0 Å². The van der Waals surface area contributed by atoms with E-state index in [0.717, 1.165) is 19.5 Å². The summed E-state index contributed by atoms with van der Waals surface area (Å²) in [6, 6.07) is 8.81. The lowest BCUT2D eigenvalue weighted by Crippen LogP contribution is -2.24. The number of hydrogen-bond acceptors (Lipinski definition) is 2. The Balaban J connectivity index is 2.73. The van der Waals surface area contributed by atoms with Gasteiger partial charge in [-0.1, -0.05) is 36.2 Å². The molecular weight excluding hydrogens is 196 g/mol. The van der Waals surface area contributed by atoms with Gasteiger partial charge in [-0.05, 0) is 32.4 Å². The van der Waals surface area contributed by atoms with Crippen LogP contribution in [-0.4, -0.2) is 18.0 Å². The maximum absolute atomic E-state index is 8.76. The van der Waals surface area contributed by atoms with Crippen LogP contribution in [0.2, 0.25) is 0 Å². The number of hydrogen-bond donors (Lipinski definition) is 0. The Hall–Kier alpha value is -1.33. The number of aryl methyl sites for hydroxylation is 2. The molecule has 0 aliphatic carbocycles. The van der Waals surface area contributed by atoms with Gasteiger partial charge in [0.05, 0.1) is 12.6 Å². The number of nitrogens with zero attached hydrogens (tertiary/aromatic N) is 2. The molecule has 0 saturated carbocycles. The smallest absolute Gasteiger partial charge is 0.0868 e. The Morgan fingerprint density at radius 3 is 2.31 bits per heavy atom. The summed E-state index contributed by atoms with van der Waals surface area (Å²) in [6.07, 6.45) is 1.09. The van der Waals surface area contributed by atoms with Gasteiger partial charge in [-0.25, -0.2) is 0 Å². The number of benzene rings is 1. The van der Waals surface area contributed by atoms with Crippen LogP contribution >= 0.6 is 0 Å². The highest BCUT2D eigenvalue weighted by Gasteiger charge is 2.04. The highest BCUT2D eigenvalue weighted by Crippen LogP contribution is 2.11. The first kappa shape index (κ1) is 12.7. The zero-order valence-corrected chi connectivity index (χ0v) is 10.5. The van der Waals surface area contributed by atoms with Crippen LogP contribution in [0.1, 0.15) is 30.0 Å². The van der Waals surface area contributed by atoms with Crippen LogP contribution in [0.4, 0.5) is 0 Å². The predicted octanol–water partition coefficient (Wildman–Crippen LogP) is 3.04. The van der Waals surface area contributed by atoms with Crippen LogP contribution in [0, 0.1) is 25.2 Å². The Kier molecular flexibility index (Phi) is 5.01. The highest BCUT2D eigenvalue weighted by molar-refractivity contribution is 5.28. The Morgan fingerprint density at radius 2 is 1.81 bits per heavy atom. The van der Waals surface area contributed by atoms with Crippen LogP contribution in [0.3, 0.4) is 0 Å². The first-order valence-corrected chi connectivity index (χ1v) is 5.82. The second-order valence-electron chi connectivity index (χ2n) is 4.36. The van der Waals surface area contributed by atoms with E-state index in [9.17, 15) is 0 Å². The minimum atomic E-state index is 0.515. The molecule has 0 aliphatic heterocycles. The van der Waals surface area contributed by atoms with Crippen molar-refractivity contribution in [3.8, 4) is 6.07 Å². The molecule has 1 aromatic carbocycles. The summed E-state index contributed by atoms with van der Waals surface area (Å²) in [7, 11) is 0. The van der Waals surface area contributed by atoms with E-state index < -0.39 is 0 Å². The molecule has 2 heteroatoms. The van der Waals surface area contributed by atoms with Gasteiger partial charge in [0.15, 0.2) is 0 Å². The van der Waals surface area contributed by atoms with Crippen LogP contribution in [0.5, 0.6) is 0 Å². The summed E-state index contributed by atoms with van der Waals surface area (Å²) in [5.41, 5.74) is 3.90. The molecule has 1 aromatic rings. The molecule has 0 N–H and O–H groups in total. The van der Waals surface area contributed by atoms with Crippen molar-refractivity contribution in [2.24, 2.45) is 0 Å². The molecule has 0 saturated heterocycles. The first-order valence-electron chi connectivity index (χ1n) is 5.82. The molecule has 0 amide bonds. The summed E-state index contributed by atoms with van der Waals surface area (Å²) in [4.78, 5) is 2.19. The third kappa shape index (κ3) is 4.04. The molecule has 0 radical (unpaired) electrons. The van der Waals surface area contributed by atoms with Gasteiger partial charge in [0.1, 0.15) is 0 Å². The van der Waals surface area contributed by atoms with Crippen molar-refractivity contribution in [1.29, 1.82) is 5.26 Å². The van der Waals surface area contributed by atoms with Crippen molar-refractivity contribution in [2.45, 2.75) is 33.7 Å². The molecule has 1 rings (SSSR count). The van der Waals surface area contributed by atoms with Crippen molar-refractivity contribution >= 4 is 0 Å². The fraction of sp³-hybridized carbons (Fsp3) is 0.500. The third-order valence-electron chi connectivity index (χ3n) is 2.52. The molecular formula is C14H20N2. The molecule has 0 unspecified atom stereocenters. The fourth-order valence-corrected chi connectivity index (χ4v) is 2.05. The maximum Gasteiger partial charge on any atom is 0.0868 e. The molecule has 0 aliphatic rings. The zero-order valence-electron chi connectivity index (χ0n) is 10.5. The van der Waals surface area contributed by atoms with Gasteiger partial charge >= 0.3 is 0 Å². The molecule has 2 nitrogen and oxygen atoms in total. The lowest BCUT2D eigenvalue weighted by atomic mass is 10.1. The lowest BCUT2D eigenvalue weighted by molar-refractivity contribution is 0.298. The number of rotatable bonds is 5. The minimum absolute atomic E-state index is 0.515. The van der Waals surface area contributed by atoms with Crippen molar-refractivity contribution < 1.29 is 0 Å². The normalized spacial score (nSPS) is 10.4. The van der Waals surface area contributed by atoms with Crippen molar-refractivity contribution in [3.63, 3.8) is 0 Å². The van der Waals surface area contributed by atoms with E-state index in [2.05, 4.69) is 49.9 Å². The first-order chi connectivity index (χ1) is 7.65. The van der Waals surface area contributed by atoms with Crippen LogP contribution < -0.4 is 0 Å². The molecule has 86 valence electrons. The zero-order chi connectivity index (χ0) is 12.0. The van der Waals surface area contributed by atoms with Gasteiger partial charge in [-0.3, -0.25) is 4.90 Å². The van der Waals surface area contributed by atoms with Gasteiger partial charge in [0, 0.05) is 6.54 Å². The third-order valence-corrected chi connectivity index (χ3v) is 2.52. The topological polar surface area (TPSA) is 27.0 Å². The molecule has 0 atom stereocenters. The van der Waals surface area contributed by atoms with E-state index in [1.165, 1.54) is 16.7 Å². The Bertz CT molecular complexity index is 357. The van der Waals surface area contributed by atoms with Gasteiger partial charge in [0.2, 0.25) is 0 Å². The summed E-state index contributed by atoms with van der Waals surface area (Å²) < 4.78 is 0. The number of nitriles is 1. The van der Waals surface area contributed by atoms with Crippen molar-refractivity contribution in [2.75, 3.05) is 13.1 Å². The molecule has 0 heterocycles. The molecule has 0 bridgehead atoms. The lowest BCUT2D eigenvalue weighted by Gasteiger charge is -2.18. The molecule has 0 fully saturated rings. The Labute approximate surface area is 98.5 Å². The van der Waals surface area contributed by atoms with Gasteiger partial charge in [-0.15, -0.1) is 0 Å². The van der Waals surface area contributed by atoms with Crippen LogP contribution in [0.15, 0.2) is 18.2 Å². The van der Waals surface area contributed by atoms with Crippen molar-refractivity contribution in [1.82, 2.24) is 4.90 Å². The Morgan fingerprint density at radius 1 is 1.19 bits per heavy atom. The summed E-state index contributed by atoms with van der Waals surface area (Å²) in [6.45, 7) is 8.76. The molecule has 0 aromatic heterocycles. The van der Waals surface area contributed by atoms with Crippen LogP contribution in [-0.2, 0) is 6.54 Å². The van der Waals surface area contributed by atoms with Gasteiger partial charge in [-0.2, -0.15) is 5.26 Å². The summed E-state index contributed by atoms with van der Waals surface area (Å²) in [5.74, 6) is 0. The second-order valence-corrected chi connectivity index (χ2v) is 4.36. The van der Waals surface area contributed by atoms with E-state index >= 15 is 0 Å². The minimum Gasteiger partial charge on any atom is -0.286 e. The predicted molar refractivity (Wildman–Crippen MR) is 67.1 cm³/mol. The standard InChI is InChI=1S/C14H20N2/c1-4-6-16(7-5-15)11-14-9-12(2)8-13(3)10-14/h8-10H,4,6-7,11H2,1-3H3. The summed E-state index contributed by atoms with van der Waals surface area (Å²) in [5, 5.41) is 8.76. The largest absolute Gasteiger partial charge is 0.286 e. The fourth-order valence-electron chi connectivity index (χ4n) is 2.05. The van der Waals surface area contributed by atoms with E-state index in [4.69, 9.17) is 5.26 Å². The quantitative estimate of drug-likeness (QED) is 0.707. The van der Waals surface area contributed by atoms with E-state index in [1.807, 2.05) is 0 Å². The van der Waals surface area contributed by atoms with Crippen molar-refractivity contribution in [3.05, 3.63) is 34.9 Å². The molecule has 16 heavy (non-hydrogen) atoms. The average molecular weight is 216 g/mol. The molecule has 0 spiro atoms. The summed E-state index contributed by atoms with van der Waals surface area (Å²) >= 11 is 0. The van der Waals surface area contributed by atoms with Gasteiger partial charge < -0.3 is 0 Å². The van der Waals surface area contributed by atoms with E-state index in [1.54, 1.807) is 0 Å². The monoisotopic (exact) mass is 216 g/mol.